The summed E-state index contributed by atoms with van der Waals surface area (Å²) in [6, 6.07) is 5.81. The molecule has 6 amide bonds. The highest BCUT2D eigenvalue weighted by molar-refractivity contribution is 7.90. The molecule has 26 nitrogen and oxygen atoms in total. The van der Waals surface area contributed by atoms with Crippen molar-refractivity contribution in [1.82, 2.24) is 40.6 Å². The molecule has 490 valence electrons. The van der Waals surface area contributed by atoms with Crippen LogP contribution in [0.4, 0.5) is 0 Å². The quantitative estimate of drug-likeness (QED) is 0.0548. The Morgan fingerprint density at radius 3 is 1.85 bits per heavy atom. The van der Waals surface area contributed by atoms with Crippen molar-refractivity contribution in [2.24, 2.45) is 17.8 Å². The van der Waals surface area contributed by atoms with E-state index in [1.807, 2.05) is 33.8 Å². The Bertz CT molecular complexity index is 2570. The number of carbonyl (C=O) groups excluding carboxylic acids is 6. The van der Waals surface area contributed by atoms with Gasteiger partial charge in [-0.2, -0.15) is 0 Å². The fraction of sp³-hybridized carbons (Fsp3) is 0.717. The van der Waals surface area contributed by atoms with E-state index in [0.717, 1.165) is 24.2 Å². The number of aliphatic carboxylic acids is 1. The van der Waals surface area contributed by atoms with E-state index >= 15 is 0 Å². The molecule has 0 bridgehead atoms. The molecule has 2 aromatic rings. The van der Waals surface area contributed by atoms with Crippen LogP contribution in [-0.4, -0.2) is 248 Å². The Balaban J connectivity index is 1.14. The number of nitrogens with one attached hydrogen (secondary N) is 3. The van der Waals surface area contributed by atoms with Gasteiger partial charge >= 0.3 is 5.97 Å². The molecule has 7 unspecified atom stereocenters. The molecule has 2 aliphatic rings. The number of likely N-dealkylation sites (N-methyl/N-ethyl adjacent to an activating group) is 1. The van der Waals surface area contributed by atoms with Gasteiger partial charge in [0.2, 0.25) is 44.5 Å². The van der Waals surface area contributed by atoms with Crippen molar-refractivity contribution in [3.63, 3.8) is 0 Å². The van der Waals surface area contributed by atoms with Crippen LogP contribution in [0, 0.1) is 17.8 Å². The van der Waals surface area contributed by atoms with Gasteiger partial charge in [-0.25, -0.2) is 23.2 Å². The maximum absolute atomic E-state index is 14.7. The summed E-state index contributed by atoms with van der Waals surface area (Å²) < 4.78 is 68.2. The van der Waals surface area contributed by atoms with Gasteiger partial charge in [-0.1, -0.05) is 71.4 Å². The number of hydrogen-bond donors (Lipinski definition) is 4. The summed E-state index contributed by atoms with van der Waals surface area (Å²) in [6.07, 6.45) is 4.70. The van der Waals surface area contributed by atoms with Crippen molar-refractivity contribution >= 4 is 51.2 Å². The van der Waals surface area contributed by atoms with Crippen LogP contribution in [0.2, 0.25) is 0 Å². The fourth-order valence-electron chi connectivity index (χ4n) is 10.7. The summed E-state index contributed by atoms with van der Waals surface area (Å²) in [5, 5.41) is 18.0. The minimum atomic E-state index is -3.56. The number of benzene rings is 1. The van der Waals surface area contributed by atoms with Crippen molar-refractivity contribution in [3.05, 3.63) is 53.9 Å². The summed E-state index contributed by atoms with van der Waals surface area (Å²) >= 11 is 0. The van der Waals surface area contributed by atoms with Crippen LogP contribution in [0.15, 0.2) is 47.9 Å². The minimum absolute atomic E-state index is 0.0442. The van der Waals surface area contributed by atoms with Crippen LogP contribution in [0.1, 0.15) is 102 Å². The molecule has 3 heterocycles. The van der Waals surface area contributed by atoms with Crippen LogP contribution in [-0.2, 0) is 82.9 Å². The van der Waals surface area contributed by atoms with E-state index in [0.29, 0.717) is 98.0 Å². The highest BCUT2D eigenvalue weighted by Crippen LogP contribution is 2.32. The van der Waals surface area contributed by atoms with E-state index in [1.165, 1.54) is 14.2 Å². The van der Waals surface area contributed by atoms with Gasteiger partial charge in [0.15, 0.2) is 0 Å². The first-order chi connectivity index (χ1) is 41.5. The largest absolute Gasteiger partial charge is 0.480 e. The molecule has 2 saturated heterocycles. The van der Waals surface area contributed by atoms with Crippen LogP contribution < -0.4 is 16.0 Å². The predicted molar refractivity (Wildman–Crippen MR) is 319 cm³/mol. The zero-order valence-corrected chi connectivity index (χ0v) is 53.3. The molecule has 1 aromatic heterocycles. The normalized spacial score (nSPS) is 18.5. The van der Waals surface area contributed by atoms with E-state index in [4.69, 9.17) is 37.9 Å². The summed E-state index contributed by atoms with van der Waals surface area (Å²) in [5.41, 5.74) is -0.324. The molecule has 2 fully saturated rings. The summed E-state index contributed by atoms with van der Waals surface area (Å²) in [4.78, 5) is 107. The first-order valence-corrected chi connectivity index (χ1v) is 32.0. The second-order valence-electron chi connectivity index (χ2n) is 22.5. The SMILES string of the molecule is CCC(C)C(C(CC(=O)N1CCC[C@H]1C(OC)C(C)C(=O)NC(Cc1ccccc1)C(=O)O)OC)N(C)C(=O)C(NC(=O)[C@]1(C)CCCN1C(=O)CCOCCOCCOCCOCCOCCOCCNC(=O)c1cnc(S(C)(=O)=O)nc1)C(C)C. The van der Waals surface area contributed by atoms with Crippen LogP contribution >= 0.6 is 0 Å². The molecular formula is C60H96N8O18S. The summed E-state index contributed by atoms with van der Waals surface area (Å²) in [6.45, 7) is 15.8. The molecule has 4 rings (SSSR count). The smallest absolute Gasteiger partial charge is 0.326 e. The van der Waals surface area contributed by atoms with Gasteiger partial charge < -0.3 is 73.7 Å². The number of hydrogen-bond acceptors (Lipinski definition) is 19. The topological polar surface area (TPSA) is 319 Å². The van der Waals surface area contributed by atoms with Gasteiger partial charge in [0.25, 0.3) is 5.91 Å². The second kappa shape index (κ2) is 37.9. The van der Waals surface area contributed by atoms with Crippen molar-refractivity contribution in [2.45, 2.75) is 140 Å². The molecule has 0 saturated carbocycles. The average Bonchev–Trinajstić information content (AvgIpc) is 1.91. The molecule has 0 aliphatic carbocycles. The molecule has 87 heavy (non-hydrogen) atoms. The number of ether oxygens (including phenoxy) is 8. The Hall–Kier alpha value is -5.78. The number of carbonyl (C=O) groups is 7. The van der Waals surface area contributed by atoms with Gasteiger partial charge in [0.05, 0.1) is 128 Å². The number of amides is 6. The second-order valence-corrected chi connectivity index (χ2v) is 24.4. The number of likely N-dealkylation sites (tertiary alicyclic amines) is 2. The van der Waals surface area contributed by atoms with E-state index in [-0.39, 0.29) is 92.5 Å². The van der Waals surface area contributed by atoms with E-state index in [1.54, 1.807) is 59.9 Å². The number of methoxy groups -OCH3 is 2. The maximum atomic E-state index is 14.7. The van der Waals surface area contributed by atoms with Crippen molar-refractivity contribution in [3.8, 4) is 0 Å². The number of carboxylic acids is 1. The first kappa shape index (κ1) is 73.7. The summed E-state index contributed by atoms with van der Waals surface area (Å²) in [7, 11) is 1.09. The maximum Gasteiger partial charge on any atom is 0.326 e. The molecule has 9 atom stereocenters. The lowest BCUT2D eigenvalue weighted by Crippen LogP contribution is -2.62. The molecular weight excluding hydrogens is 1150 g/mol. The minimum Gasteiger partial charge on any atom is -0.480 e. The third kappa shape index (κ3) is 23.3. The predicted octanol–water partition coefficient (Wildman–Crippen LogP) is 2.35. The Kier molecular flexibility index (Phi) is 32.1. The van der Waals surface area contributed by atoms with E-state index < -0.39 is 81.4 Å². The molecule has 2 aliphatic heterocycles. The third-order valence-corrected chi connectivity index (χ3v) is 16.8. The Morgan fingerprint density at radius 1 is 0.770 bits per heavy atom. The van der Waals surface area contributed by atoms with Gasteiger partial charge in [-0.3, -0.25) is 28.8 Å². The van der Waals surface area contributed by atoms with Gasteiger partial charge in [0.1, 0.15) is 17.6 Å². The highest BCUT2D eigenvalue weighted by Gasteiger charge is 2.48. The summed E-state index contributed by atoms with van der Waals surface area (Å²) in [5.74, 6) is -4.72. The third-order valence-electron chi connectivity index (χ3n) is 15.9. The van der Waals surface area contributed by atoms with Crippen molar-refractivity contribution in [1.29, 1.82) is 0 Å². The first-order valence-electron chi connectivity index (χ1n) is 30.1. The molecule has 0 radical (unpaired) electrons. The van der Waals surface area contributed by atoms with Crippen LogP contribution in [0.5, 0.6) is 0 Å². The number of carboxylic acid groups (broad SMARTS) is 1. The highest BCUT2D eigenvalue weighted by atomic mass is 32.2. The zero-order chi connectivity index (χ0) is 64.1. The number of nitrogens with zero attached hydrogens (tertiary/aromatic N) is 5. The fourth-order valence-corrected chi connectivity index (χ4v) is 11.2. The Morgan fingerprint density at radius 2 is 1.33 bits per heavy atom. The number of sulfone groups is 1. The van der Waals surface area contributed by atoms with E-state index in [2.05, 4.69) is 25.9 Å². The van der Waals surface area contributed by atoms with Gasteiger partial charge in [0, 0.05) is 66.0 Å². The van der Waals surface area contributed by atoms with Crippen LogP contribution in [0.3, 0.4) is 0 Å². The standard InChI is InChI=1S/C60H96N8O18S/c1-11-42(4)52(48(79-8)38-50(70)67-23-15-19-47(67)53(80-9)43(5)54(71)64-46(57(74)75)37-44-17-13-12-14-18-44)66(7)56(73)51(41(2)3)65-58(76)60(6)21-16-24-68(60)49(69)20-25-81-27-29-83-31-33-85-35-36-86-34-32-84-30-28-82-26-22-61-55(72)45-39-62-59(63-40-45)87(10,77)78/h12-14,17-18,39-43,46-48,51-53H,11,15-16,19-38H2,1-10H3,(H,61,72)(H,64,71)(H,65,76)(H,74,75)/t42?,43?,46?,47-,48?,51?,52?,53?,60-/m0/s1. The lowest BCUT2D eigenvalue weighted by Gasteiger charge is -2.41. The molecule has 1 aromatic carbocycles. The monoisotopic (exact) mass is 1250 g/mol. The molecule has 27 heteroatoms. The van der Waals surface area contributed by atoms with E-state index in [9.17, 15) is 47.1 Å². The molecule has 0 spiro atoms. The number of aromatic nitrogens is 2. The zero-order valence-electron chi connectivity index (χ0n) is 52.5. The van der Waals surface area contributed by atoms with Crippen molar-refractivity contribution in [2.75, 3.05) is 126 Å². The Labute approximate surface area is 513 Å². The number of rotatable bonds is 42. The van der Waals surface area contributed by atoms with Gasteiger partial charge in [-0.05, 0) is 50.0 Å². The molecule has 4 N–H and O–H groups in total. The average molecular weight is 1250 g/mol. The van der Waals surface area contributed by atoms with Crippen molar-refractivity contribution < 1.29 is 85.0 Å². The lowest BCUT2D eigenvalue weighted by molar-refractivity contribution is -0.150. The van der Waals surface area contributed by atoms with Gasteiger partial charge in [-0.15, -0.1) is 0 Å². The lowest BCUT2D eigenvalue weighted by atomic mass is 9.89. The van der Waals surface area contributed by atoms with Crippen LogP contribution in [0.25, 0.3) is 0 Å².